The maximum absolute atomic E-state index is 12.9. The highest BCUT2D eigenvalue weighted by molar-refractivity contribution is 5.67. The normalized spacial score (nSPS) is 10.6. The molecule has 0 unspecified atom stereocenters. The lowest BCUT2D eigenvalue weighted by molar-refractivity contribution is -0.136. The molecule has 1 rings (SSSR count). The van der Waals surface area contributed by atoms with Crippen LogP contribution in [0.15, 0.2) is 0 Å². The molecule has 0 bridgehead atoms. The number of carbonyl (C=O) groups is 1. The molecule has 0 aliphatic heterocycles. The fourth-order valence-electron chi connectivity index (χ4n) is 1.10. The molecule has 0 heterocycles. The van der Waals surface area contributed by atoms with Crippen molar-refractivity contribution in [1.29, 1.82) is 0 Å². The smallest absolute Gasteiger partial charge is 0.303 e. The van der Waals surface area contributed by atoms with Crippen LogP contribution in [0, 0.1) is 29.1 Å². The van der Waals surface area contributed by atoms with Gasteiger partial charge in [-0.05, 0) is 6.42 Å². The first kappa shape index (κ1) is 12.4. The Bertz CT molecular complexity index is 415. The Hall–Kier alpha value is -1.66. The second kappa shape index (κ2) is 4.46. The summed E-state index contributed by atoms with van der Waals surface area (Å²) in [5.41, 5.74) is -1.11. The van der Waals surface area contributed by atoms with Crippen molar-refractivity contribution >= 4 is 5.97 Å². The second-order valence-electron chi connectivity index (χ2n) is 2.94. The van der Waals surface area contributed by atoms with Crippen LogP contribution in [0.25, 0.3) is 0 Å². The van der Waals surface area contributed by atoms with Gasteiger partial charge in [0.1, 0.15) is 0 Å². The topological polar surface area (TPSA) is 37.3 Å². The van der Waals surface area contributed by atoms with Gasteiger partial charge in [-0.15, -0.1) is 0 Å². The molecule has 0 aliphatic rings. The lowest BCUT2D eigenvalue weighted by Crippen LogP contribution is -2.09. The van der Waals surface area contributed by atoms with E-state index in [4.69, 9.17) is 5.11 Å². The first-order chi connectivity index (χ1) is 7.36. The minimum atomic E-state index is -2.26. The molecule has 1 N–H and O–H groups in total. The van der Waals surface area contributed by atoms with E-state index in [-0.39, 0.29) is 0 Å². The fraction of sp³-hybridized carbons (Fsp3) is 0.222. The zero-order valence-corrected chi connectivity index (χ0v) is 7.66. The molecule has 0 saturated carbocycles. The molecule has 0 saturated heterocycles. The van der Waals surface area contributed by atoms with Gasteiger partial charge in [-0.25, -0.2) is 22.0 Å². The molecule has 16 heavy (non-hydrogen) atoms. The van der Waals surface area contributed by atoms with Gasteiger partial charge in [-0.3, -0.25) is 4.79 Å². The Morgan fingerprint density at radius 1 is 0.875 bits per heavy atom. The Kier molecular flexibility index (Phi) is 3.46. The summed E-state index contributed by atoms with van der Waals surface area (Å²) < 4.78 is 63.7. The molecule has 0 radical (unpaired) electrons. The zero-order chi connectivity index (χ0) is 12.5. The summed E-state index contributed by atoms with van der Waals surface area (Å²) >= 11 is 0. The number of carboxylic acids is 1. The van der Waals surface area contributed by atoms with E-state index >= 15 is 0 Å². The van der Waals surface area contributed by atoms with Gasteiger partial charge >= 0.3 is 5.97 Å². The molecule has 0 amide bonds. The summed E-state index contributed by atoms with van der Waals surface area (Å²) in [7, 11) is 0. The van der Waals surface area contributed by atoms with Gasteiger partial charge in [0, 0.05) is 12.0 Å². The van der Waals surface area contributed by atoms with Crippen LogP contribution in [0.2, 0.25) is 0 Å². The average Bonchev–Trinajstić information content (AvgIpc) is 2.23. The van der Waals surface area contributed by atoms with Crippen molar-refractivity contribution in [3.63, 3.8) is 0 Å². The molecule has 1 aromatic carbocycles. The fourth-order valence-corrected chi connectivity index (χ4v) is 1.10. The number of rotatable bonds is 3. The highest BCUT2D eigenvalue weighted by Gasteiger charge is 2.25. The van der Waals surface area contributed by atoms with Gasteiger partial charge in [0.15, 0.2) is 23.3 Å². The Balaban J connectivity index is 3.23. The molecule has 0 atom stereocenters. The van der Waals surface area contributed by atoms with Gasteiger partial charge in [-0.1, -0.05) is 0 Å². The zero-order valence-electron chi connectivity index (χ0n) is 7.66. The summed E-state index contributed by atoms with van der Waals surface area (Å²) in [6.07, 6.45) is -1.49. The first-order valence-corrected chi connectivity index (χ1v) is 4.08. The molecular weight excluding hydrogens is 235 g/mol. The van der Waals surface area contributed by atoms with E-state index in [1.54, 1.807) is 0 Å². The van der Waals surface area contributed by atoms with Gasteiger partial charge in [0.25, 0.3) is 0 Å². The summed E-state index contributed by atoms with van der Waals surface area (Å²) in [6, 6.07) is 0. The number of aliphatic carboxylic acids is 1. The van der Waals surface area contributed by atoms with Crippen LogP contribution in [0.1, 0.15) is 12.0 Å². The maximum atomic E-state index is 12.9. The summed E-state index contributed by atoms with van der Waals surface area (Å²) in [5, 5.41) is 8.24. The molecule has 1 aromatic rings. The van der Waals surface area contributed by atoms with Gasteiger partial charge in [0.2, 0.25) is 5.82 Å². The van der Waals surface area contributed by atoms with Crippen molar-refractivity contribution in [2.45, 2.75) is 12.8 Å². The van der Waals surface area contributed by atoms with Crippen molar-refractivity contribution in [1.82, 2.24) is 0 Å². The van der Waals surface area contributed by atoms with Crippen molar-refractivity contribution < 1.29 is 31.9 Å². The third kappa shape index (κ3) is 2.12. The minimum absolute atomic E-state index is 0.724. The van der Waals surface area contributed by atoms with E-state index in [1.165, 1.54) is 0 Å². The van der Waals surface area contributed by atoms with Crippen molar-refractivity contribution in [3.8, 4) is 0 Å². The van der Waals surface area contributed by atoms with Crippen LogP contribution in [-0.4, -0.2) is 11.1 Å². The van der Waals surface area contributed by atoms with Crippen molar-refractivity contribution in [3.05, 3.63) is 34.6 Å². The number of halogens is 5. The molecule has 0 spiro atoms. The second-order valence-corrected chi connectivity index (χ2v) is 2.94. The first-order valence-electron chi connectivity index (χ1n) is 4.08. The average molecular weight is 240 g/mol. The molecule has 0 fully saturated rings. The number of hydrogen-bond acceptors (Lipinski definition) is 1. The van der Waals surface area contributed by atoms with Gasteiger partial charge in [-0.2, -0.15) is 0 Å². The van der Waals surface area contributed by atoms with E-state index in [0.717, 1.165) is 0 Å². The number of carboxylic acid groups (broad SMARTS) is 1. The highest BCUT2D eigenvalue weighted by Crippen LogP contribution is 2.23. The third-order valence-corrected chi connectivity index (χ3v) is 1.89. The van der Waals surface area contributed by atoms with Crippen LogP contribution in [0.3, 0.4) is 0 Å². The number of hydrogen-bond donors (Lipinski definition) is 1. The molecule has 88 valence electrons. The summed E-state index contributed by atoms with van der Waals surface area (Å²) in [5.74, 6) is -11.8. The maximum Gasteiger partial charge on any atom is 0.303 e. The Labute approximate surface area is 86.3 Å². The summed E-state index contributed by atoms with van der Waals surface area (Å²) in [6.45, 7) is 0. The molecule has 2 nitrogen and oxygen atoms in total. The van der Waals surface area contributed by atoms with Crippen LogP contribution >= 0.6 is 0 Å². The summed E-state index contributed by atoms with van der Waals surface area (Å²) in [4.78, 5) is 10.1. The Morgan fingerprint density at radius 3 is 1.62 bits per heavy atom. The molecule has 0 aromatic heterocycles. The van der Waals surface area contributed by atoms with Crippen molar-refractivity contribution in [2.75, 3.05) is 0 Å². The molecular formula is C9H5F5O2. The van der Waals surface area contributed by atoms with E-state index in [0.29, 0.717) is 0 Å². The predicted octanol–water partition coefficient (Wildman–Crippen LogP) is 2.40. The monoisotopic (exact) mass is 240 g/mol. The minimum Gasteiger partial charge on any atom is -0.481 e. The van der Waals surface area contributed by atoms with Crippen molar-refractivity contribution in [2.24, 2.45) is 0 Å². The van der Waals surface area contributed by atoms with Crippen LogP contribution in [0.5, 0.6) is 0 Å². The van der Waals surface area contributed by atoms with Gasteiger partial charge in [0.05, 0.1) is 0 Å². The lowest BCUT2D eigenvalue weighted by Gasteiger charge is -2.06. The molecule has 7 heteroatoms. The Morgan fingerprint density at radius 2 is 1.25 bits per heavy atom. The van der Waals surface area contributed by atoms with E-state index in [1.807, 2.05) is 0 Å². The lowest BCUT2D eigenvalue weighted by atomic mass is 10.1. The van der Waals surface area contributed by atoms with Crippen LogP contribution in [-0.2, 0) is 11.2 Å². The van der Waals surface area contributed by atoms with Crippen LogP contribution < -0.4 is 0 Å². The van der Waals surface area contributed by atoms with E-state index in [9.17, 15) is 26.7 Å². The van der Waals surface area contributed by atoms with E-state index < -0.39 is 53.5 Å². The standard InChI is InChI=1S/C9H5F5O2/c10-5-3(1-2-4(15)16)6(11)8(13)9(14)7(5)12/h1-2H2,(H,15,16). The van der Waals surface area contributed by atoms with E-state index in [2.05, 4.69) is 0 Å². The third-order valence-electron chi connectivity index (χ3n) is 1.89. The largest absolute Gasteiger partial charge is 0.481 e. The van der Waals surface area contributed by atoms with Crippen LogP contribution in [0.4, 0.5) is 22.0 Å². The molecule has 0 aliphatic carbocycles. The number of benzene rings is 1. The predicted molar refractivity (Wildman–Crippen MR) is 42.2 cm³/mol. The highest BCUT2D eigenvalue weighted by atomic mass is 19.2. The SMILES string of the molecule is O=C(O)CCc1c(F)c(F)c(F)c(F)c1F. The quantitative estimate of drug-likeness (QED) is 0.500. The van der Waals surface area contributed by atoms with Gasteiger partial charge < -0.3 is 5.11 Å².